The second-order valence-electron chi connectivity index (χ2n) is 5.90. The van der Waals surface area contributed by atoms with Crippen LogP contribution in [0.2, 0.25) is 0 Å². The van der Waals surface area contributed by atoms with Crippen LogP contribution in [0.15, 0.2) is 59.6 Å². The van der Waals surface area contributed by atoms with Gasteiger partial charge in [0.1, 0.15) is 0 Å². The highest BCUT2D eigenvalue weighted by atomic mass is 32.2. The Labute approximate surface area is 165 Å². The molecule has 2 N–H and O–H groups in total. The van der Waals surface area contributed by atoms with E-state index in [9.17, 15) is 14.0 Å². The van der Waals surface area contributed by atoms with Gasteiger partial charge in [0.2, 0.25) is 5.91 Å². The molecule has 0 unspecified atom stereocenters. The van der Waals surface area contributed by atoms with Gasteiger partial charge in [-0.1, -0.05) is 42.1 Å². The number of aromatic nitrogens is 1. The Balaban J connectivity index is 1.44. The number of nitrogens with one attached hydrogen (secondary N) is 2. The maximum atomic E-state index is 13.4. The van der Waals surface area contributed by atoms with Gasteiger partial charge in [-0.05, 0) is 36.8 Å². The quantitative estimate of drug-likeness (QED) is 0.492. The minimum atomic E-state index is -0.596. The van der Waals surface area contributed by atoms with E-state index in [0.717, 1.165) is 21.5 Å². The van der Waals surface area contributed by atoms with Crippen molar-refractivity contribution in [2.24, 2.45) is 0 Å². The number of nitrogens with zero attached hydrogens (tertiary/aromatic N) is 1. The zero-order valence-electron chi connectivity index (χ0n) is 15.1. The fourth-order valence-electron chi connectivity index (χ4n) is 2.45. The number of pyridine rings is 1. The molecule has 0 atom stereocenters. The molecule has 0 radical (unpaired) electrons. The number of thioether (sulfide) groups is 1. The van der Waals surface area contributed by atoms with Crippen molar-refractivity contribution in [3.05, 3.63) is 66.0 Å². The van der Waals surface area contributed by atoms with Crippen LogP contribution in [0.5, 0.6) is 5.75 Å². The molecule has 0 saturated heterocycles. The van der Waals surface area contributed by atoms with Gasteiger partial charge in [-0.2, -0.15) is 0 Å². The van der Waals surface area contributed by atoms with Gasteiger partial charge in [0.05, 0.1) is 16.3 Å². The first-order chi connectivity index (χ1) is 13.5. The van der Waals surface area contributed by atoms with Crippen LogP contribution in [0.3, 0.4) is 0 Å². The minimum Gasteiger partial charge on any atom is -0.481 e. The van der Waals surface area contributed by atoms with Crippen LogP contribution in [0, 0.1) is 12.7 Å². The Hall–Kier alpha value is -3.13. The van der Waals surface area contributed by atoms with Crippen LogP contribution < -0.4 is 15.6 Å². The number of benzene rings is 2. The van der Waals surface area contributed by atoms with Crippen LogP contribution in [-0.4, -0.2) is 29.2 Å². The molecule has 28 heavy (non-hydrogen) atoms. The molecule has 0 aliphatic heterocycles. The summed E-state index contributed by atoms with van der Waals surface area (Å²) in [4.78, 5) is 28.1. The number of para-hydroxylation sites is 2. The van der Waals surface area contributed by atoms with E-state index in [1.165, 1.54) is 30.0 Å². The van der Waals surface area contributed by atoms with Crippen molar-refractivity contribution in [1.82, 2.24) is 15.8 Å². The first kappa shape index (κ1) is 19.6. The highest BCUT2D eigenvalue weighted by molar-refractivity contribution is 7.99. The van der Waals surface area contributed by atoms with Crippen molar-refractivity contribution in [1.29, 1.82) is 0 Å². The number of carbonyl (C=O) groups excluding carboxylic acids is 2. The molecule has 0 aliphatic rings. The van der Waals surface area contributed by atoms with Crippen molar-refractivity contribution < 1.29 is 18.7 Å². The summed E-state index contributed by atoms with van der Waals surface area (Å²) >= 11 is 1.27. The van der Waals surface area contributed by atoms with E-state index in [2.05, 4.69) is 15.8 Å². The van der Waals surface area contributed by atoms with E-state index in [1.54, 1.807) is 6.07 Å². The molecule has 1 aromatic heterocycles. The third-order valence-electron chi connectivity index (χ3n) is 3.79. The molecule has 2 amide bonds. The van der Waals surface area contributed by atoms with Gasteiger partial charge in [-0.3, -0.25) is 20.4 Å². The number of hydrogen-bond acceptors (Lipinski definition) is 5. The number of halogens is 1. The van der Waals surface area contributed by atoms with E-state index in [-0.39, 0.29) is 11.5 Å². The predicted molar refractivity (Wildman–Crippen MR) is 105 cm³/mol. The number of amides is 2. The summed E-state index contributed by atoms with van der Waals surface area (Å²) < 4.78 is 18.5. The monoisotopic (exact) mass is 399 g/mol. The van der Waals surface area contributed by atoms with Crippen LogP contribution in [0.1, 0.15) is 5.56 Å². The lowest BCUT2D eigenvalue weighted by Crippen LogP contribution is -2.44. The molecule has 3 aromatic rings. The van der Waals surface area contributed by atoms with Crippen molar-refractivity contribution in [3.63, 3.8) is 0 Å². The largest absolute Gasteiger partial charge is 0.481 e. The zero-order valence-corrected chi connectivity index (χ0v) is 15.9. The summed E-state index contributed by atoms with van der Waals surface area (Å²) in [6, 6.07) is 15.5. The van der Waals surface area contributed by atoms with E-state index < -0.39 is 24.2 Å². The Kier molecular flexibility index (Phi) is 6.44. The second-order valence-corrected chi connectivity index (χ2v) is 6.89. The molecule has 3 rings (SSSR count). The Morgan fingerprint density at radius 1 is 1.07 bits per heavy atom. The number of aryl methyl sites for hydroxylation is 1. The van der Waals surface area contributed by atoms with Crippen LogP contribution in [-0.2, 0) is 9.59 Å². The average molecular weight is 399 g/mol. The molecule has 1 heterocycles. The molecule has 0 bridgehead atoms. The zero-order chi connectivity index (χ0) is 19.9. The highest BCUT2D eigenvalue weighted by Gasteiger charge is 2.09. The molecule has 0 fully saturated rings. The molecule has 2 aromatic carbocycles. The van der Waals surface area contributed by atoms with Crippen molar-refractivity contribution in [3.8, 4) is 5.75 Å². The number of fused-ring (bicyclic) bond motifs is 1. The van der Waals surface area contributed by atoms with Gasteiger partial charge in [0.15, 0.2) is 18.2 Å². The first-order valence-electron chi connectivity index (χ1n) is 8.47. The van der Waals surface area contributed by atoms with Crippen LogP contribution in [0.25, 0.3) is 10.9 Å². The molecule has 144 valence electrons. The lowest BCUT2D eigenvalue weighted by atomic mass is 10.1. The van der Waals surface area contributed by atoms with Crippen molar-refractivity contribution in [2.45, 2.75) is 11.9 Å². The van der Waals surface area contributed by atoms with E-state index in [0.29, 0.717) is 0 Å². The van der Waals surface area contributed by atoms with Crippen molar-refractivity contribution in [2.75, 3.05) is 12.4 Å². The summed E-state index contributed by atoms with van der Waals surface area (Å²) in [6.45, 7) is 1.57. The van der Waals surface area contributed by atoms with E-state index >= 15 is 0 Å². The smallest absolute Gasteiger partial charge is 0.276 e. The predicted octanol–water partition coefficient (Wildman–Crippen LogP) is 3.00. The summed E-state index contributed by atoms with van der Waals surface area (Å²) in [5, 5.41) is 1.79. The molecule has 0 aliphatic carbocycles. The molecule has 6 nitrogen and oxygen atoms in total. The van der Waals surface area contributed by atoms with Gasteiger partial charge in [-0.15, -0.1) is 0 Å². The normalized spacial score (nSPS) is 10.5. The topological polar surface area (TPSA) is 80.3 Å². The lowest BCUT2D eigenvalue weighted by molar-refractivity contribution is -0.128. The van der Waals surface area contributed by atoms with Crippen LogP contribution >= 0.6 is 11.8 Å². The number of rotatable bonds is 6. The maximum absolute atomic E-state index is 13.4. The first-order valence-corrected chi connectivity index (χ1v) is 9.45. The van der Waals surface area contributed by atoms with Gasteiger partial charge >= 0.3 is 0 Å². The van der Waals surface area contributed by atoms with Gasteiger partial charge in [0.25, 0.3) is 5.91 Å². The third kappa shape index (κ3) is 5.20. The van der Waals surface area contributed by atoms with Crippen molar-refractivity contribution >= 4 is 34.5 Å². The Morgan fingerprint density at radius 3 is 2.61 bits per heavy atom. The highest BCUT2D eigenvalue weighted by Crippen LogP contribution is 2.23. The van der Waals surface area contributed by atoms with Crippen LogP contribution in [0.4, 0.5) is 4.39 Å². The molecule has 0 spiro atoms. The number of ether oxygens (including phenoxy) is 1. The SMILES string of the molecule is Cc1cc(SCC(=O)NNC(=O)COc2ccccc2F)nc2ccccc12. The van der Waals surface area contributed by atoms with E-state index in [4.69, 9.17) is 4.74 Å². The summed E-state index contributed by atoms with van der Waals surface area (Å²) in [6.07, 6.45) is 0. The Bertz CT molecular complexity index is 1010. The average Bonchev–Trinajstić information content (AvgIpc) is 2.70. The Morgan fingerprint density at radius 2 is 1.79 bits per heavy atom. The summed E-state index contributed by atoms with van der Waals surface area (Å²) in [5.74, 6) is -1.50. The fraction of sp³-hybridized carbons (Fsp3) is 0.150. The third-order valence-corrected chi connectivity index (χ3v) is 4.70. The second kappa shape index (κ2) is 9.18. The molecule has 8 heteroatoms. The van der Waals surface area contributed by atoms with Gasteiger partial charge in [-0.25, -0.2) is 9.37 Å². The van der Waals surface area contributed by atoms with Gasteiger partial charge in [0, 0.05) is 5.39 Å². The summed E-state index contributed by atoms with van der Waals surface area (Å²) in [7, 11) is 0. The maximum Gasteiger partial charge on any atom is 0.276 e. The number of carbonyl (C=O) groups is 2. The van der Waals surface area contributed by atoms with E-state index in [1.807, 2.05) is 37.3 Å². The van der Waals surface area contributed by atoms with Gasteiger partial charge < -0.3 is 4.74 Å². The molecular formula is C20H18FN3O3S. The summed E-state index contributed by atoms with van der Waals surface area (Å²) in [5.41, 5.74) is 6.47. The minimum absolute atomic E-state index is 0.0303. The lowest BCUT2D eigenvalue weighted by Gasteiger charge is -2.09. The number of hydrazine groups is 1. The number of hydrogen-bond donors (Lipinski definition) is 2. The fourth-order valence-corrected chi connectivity index (χ4v) is 3.22. The molecular weight excluding hydrogens is 381 g/mol. The molecule has 0 saturated carbocycles. The standard InChI is InChI=1S/C20H18FN3O3S/c1-13-10-20(22-16-8-4-2-6-14(13)16)28-12-19(26)24-23-18(25)11-27-17-9-5-3-7-15(17)21/h2-10H,11-12H2,1H3,(H,23,25)(H,24,26).